The first-order chi connectivity index (χ1) is 11.0. The van der Waals surface area contributed by atoms with Gasteiger partial charge < -0.3 is 9.84 Å². The van der Waals surface area contributed by atoms with E-state index in [1.54, 1.807) is 6.07 Å². The van der Waals surface area contributed by atoms with Gasteiger partial charge >= 0.3 is 5.97 Å². The second kappa shape index (κ2) is 8.38. The van der Waals surface area contributed by atoms with Crippen molar-refractivity contribution in [1.82, 2.24) is 9.80 Å². The fourth-order valence-electron chi connectivity index (χ4n) is 2.97. The van der Waals surface area contributed by atoms with Gasteiger partial charge in [0.1, 0.15) is 5.82 Å². The van der Waals surface area contributed by atoms with Crippen LogP contribution in [0.5, 0.6) is 0 Å². The SMILES string of the molecule is COC(=O)CN1CCCN(CC(O)c2ccc(F)cc2C)CC1. The van der Waals surface area contributed by atoms with Crippen LogP contribution in [0.4, 0.5) is 4.39 Å². The molecule has 1 fully saturated rings. The molecule has 1 saturated heterocycles. The number of esters is 1. The average Bonchev–Trinajstić information content (AvgIpc) is 2.72. The van der Waals surface area contributed by atoms with Gasteiger partial charge in [-0.05, 0) is 43.1 Å². The summed E-state index contributed by atoms with van der Waals surface area (Å²) in [7, 11) is 1.40. The Kier molecular flexibility index (Phi) is 6.50. The molecule has 1 heterocycles. The van der Waals surface area contributed by atoms with Crippen LogP contribution >= 0.6 is 0 Å². The van der Waals surface area contributed by atoms with E-state index in [0.717, 1.165) is 43.7 Å². The highest BCUT2D eigenvalue weighted by Gasteiger charge is 2.20. The second-order valence-corrected chi connectivity index (χ2v) is 6.02. The van der Waals surface area contributed by atoms with Crippen molar-refractivity contribution >= 4 is 5.97 Å². The van der Waals surface area contributed by atoms with Gasteiger partial charge in [0.2, 0.25) is 0 Å². The molecule has 1 aliphatic heterocycles. The van der Waals surface area contributed by atoms with E-state index in [-0.39, 0.29) is 11.8 Å². The number of benzene rings is 1. The van der Waals surface area contributed by atoms with Gasteiger partial charge in [-0.3, -0.25) is 14.6 Å². The normalized spacial score (nSPS) is 18.4. The van der Waals surface area contributed by atoms with Gasteiger partial charge in [-0.2, -0.15) is 0 Å². The molecule has 1 aromatic carbocycles. The maximum absolute atomic E-state index is 13.2. The number of ether oxygens (including phenoxy) is 1. The molecule has 0 saturated carbocycles. The molecule has 1 unspecified atom stereocenters. The van der Waals surface area contributed by atoms with Crippen LogP contribution in [-0.2, 0) is 9.53 Å². The molecule has 6 heteroatoms. The maximum atomic E-state index is 13.2. The highest BCUT2D eigenvalue weighted by atomic mass is 19.1. The summed E-state index contributed by atoms with van der Waals surface area (Å²) in [6.45, 7) is 5.90. The Labute approximate surface area is 136 Å². The molecule has 0 radical (unpaired) electrons. The van der Waals surface area contributed by atoms with Crippen LogP contribution in [0, 0.1) is 12.7 Å². The first kappa shape index (κ1) is 17.8. The molecular weight excluding hydrogens is 299 g/mol. The van der Waals surface area contributed by atoms with Crippen molar-refractivity contribution in [3.05, 3.63) is 35.1 Å². The number of rotatable bonds is 5. The van der Waals surface area contributed by atoms with Crippen molar-refractivity contribution in [2.24, 2.45) is 0 Å². The van der Waals surface area contributed by atoms with Crippen molar-refractivity contribution in [1.29, 1.82) is 0 Å². The largest absolute Gasteiger partial charge is 0.468 e. The number of carbonyl (C=O) groups excluding carboxylic acids is 1. The Morgan fingerprint density at radius 2 is 2.00 bits per heavy atom. The zero-order valence-electron chi connectivity index (χ0n) is 13.8. The molecule has 0 aliphatic carbocycles. The summed E-state index contributed by atoms with van der Waals surface area (Å²) in [6, 6.07) is 4.47. The first-order valence-corrected chi connectivity index (χ1v) is 7.95. The Balaban J connectivity index is 1.89. The van der Waals surface area contributed by atoms with E-state index in [1.165, 1.54) is 19.2 Å². The number of methoxy groups -OCH3 is 1. The molecule has 5 nitrogen and oxygen atoms in total. The van der Waals surface area contributed by atoms with Gasteiger partial charge in [-0.1, -0.05) is 6.07 Å². The van der Waals surface area contributed by atoms with Gasteiger partial charge in [0.05, 0.1) is 19.8 Å². The third kappa shape index (κ3) is 5.27. The quantitative estimate of drug-likeness (QED) is 0.829. The summed E-state index contributed by atoms with van der Waals surface area (Å²) < 4.78 is 17.9. The number of carbonyl (C=O) groups is 1. The van der Waals surface area contributed by atoms with E-state index < -0.39 is 6.10 Å². The van der Waals surface area contributed by atoms with Crippen molar-refractivity contribution < 1.29 is 19.0 Å². The number of aliphatic hydroxyl groups excluding tert-OH is 1. The number of aryl methyl sites for hydroxylation is 1. The van der Waals surface area contributed by atoms with Crippen LogP contribution in [0.1, 0.15) is 23.7 Å². The number of aliphatic hydroxyl groups is 1. The molecule has 128 valence electrons. The monoisotopic (exact) mass is 324 g/mol. The number of nitrogens with zero attached hydrogens (tertiary/aromatic N) is 2. The predicted octanol–water partition coefficient (Wildman–Crippen LogP) is 1.35. The first-order valence-electron chi connectivity index (χ1n) is 7.95. The lowest BCUT2D eigenvalue weighted by Gasteiger charge is -2.24. The van der Waals surface area contributed by atoms with Crippen molar-refractivity contribution in [3.8, 4) is 0 Å². The lowest BCUT2D eigenvalue weighted by atomic mass is 10.0. The molecule has 0 amide bonds. The number of hydrogen-bond acceptors (Lipinski definition) is 5. The summed E-state index contributed by atoms with van der Waals surface area (Å²) in [6.07, 6.45) is 0.300. The fourth-order valence-corrected chi connectivity index (χ4v) is 2.97. The number of halogens is 1. The summed E-state index contributed by atoms with van der Waals surface area (Å²) in [5.41, 5.74) is 1.53. The number of hydrogen-bond donors (Lipinski definition) is 1. The third-order valence-corrected chi connectivity index (χ3v) is 4.28. The summed E-state index contributed by atoms with van der Waals surface area (Å²) in [4.78, 5) is 15.6. The molecule has 0 spiro atoms. The molecular formula is C17H25FN2O3. The zero-order chi connectivity index (χ0) is 16.8. The van der Waals surface area contributed by atoms with Gasteiger partial charge in [-0.25, -0.2) is 4.39 Å². The smallest absolute Gasteiger partial charge is 0.319 e. The molecule has 0 aromatic heterocycles. The van der Waals surface area contributed by atoms with E-state index in [0.29, 0.717) is 13.1 Å². The molecule has 2 rings (SSSR count). The molecule has 23 heavy (non-hydrogen) atoms. The van der Waals surface area contributed by atoms with Gasteiger partial charge in [0.25, 0.3) is 0 Å². The summed E-state index contributed by atoms with van der Waals surface area (Å²) >= 11 is 0. The van der Waals surface area contributed by atoms with Crippen molar-refractivity contribution in [2.45, 2.75) is 19.4 Å². The van der Waals surface area contributed by atoms with Crippen LogP contribution in [0.15, 0.2) is 18.2 Å². The lowest BCUT2D eigenvalue weighted by molar-refractivity contribution is -0.141. The third-order valence-electron chi connectivity index (χ3n) is 4.28. The highest BCUT2D eigenvalue weighted by Crippen LogP contribution is 2.20. The average molecular weight is 324 g/mol. The van der Waals surface area contributed by atoms with E-state index >= 15 is 0 Å². The zero-order valence-corrected chi connectivity index (χ0v) is 13.8. The summed E-state index contributed by atoms with van der Waals surface area (Å²) in [5, 5.41) is 10.4. The lowest BCUT2D eigenvalue weighted by Crippen LogP contribution is -2.36. The predicted molar refractivity (Wildman–Crippen MR) is 85.6 cm³/mol. The molecule has 1 aliphatic rings. The Morgan fingerprint density at radius 3 is 2.70 bits per heavy atom. The van der Waals surface area contributed by atoms with Crippen LogP contribution in [0.2, 0.25) is 0 Å². The minimum Gasteiger partial charge on any atom is -0.468 e. The Bertz CT molecular complexity index is 539. The minimum absolute atomic E-state index is 0.222. The highest BCUT2D eigenvalue weighted by molar-refractivity contribution is 5.71. The molecule has 1 N–H and O–H groups in total. The Hall–Kier alpha value is -1.50. The number of β-amino-alcohol motifs (C(OH)–C–C–N with tert-alkyl or cyclic N) is 1. The van der Waals surface area contributed by atoms with Gasteiger partial charge in [-0.15, -0.1) is 0 Å². The van der Waals surface area contributed by atoms with E-state index in [2.05, 4.69) is 9.80 Å². The van der Waals surface area contributed by atoms with Crippen LogP contribution in [-0.4, -0.2) is 67.3 Å². The van der Waals surface area contributed by atoms with Crippen molar-refractivity contribution in [3.63, 3.8) is 0 Å². The molecule has 1 aromatic rings. The topological polar surface area (TPSA) is 53.0 Å². The van der Waals surface area contributed by atoms with Gasteiger partial charge in [0, 0.05) is 26.2 Å². The minimum atomic E-state index is -0.636. The van der Waals surface area contributed by atoms with E-state index in [1.807, 2.05) is 6.92 Å². The van der Waals surface area contributed by atoms with E-state index in [4.69, 9.17) is 4.74 Å². The van der Waals surface area contributed by atoms with Crippen LogP contribution in [0.3, 0.4) is 0 Å². The summed E-state index contributed by atoms with van der Waals surface area (Å²) in [5.74, 6) is -0.507. The maximum Gasteiger partial charge on any atom is 0.319 e. The molecule has 1 atom stereocenters. The fraction of sp³-hybridized carbons (Fsp3) is 0.588. The van der Waals surface area contributed by atoms with Crippen LogP contribution in [0.25, 0.3) is 0 Å². The standard InChI is InChI=1S/C17H25FN2O3/c1-13-10-14(18)4-5-15(13)16(21)11-19-6-3-7-20(9-8-19)12-17(22)23-2/h4-5,10,16,21H,3,6-9,11-12H2,1-2H3. The van der Waals surface area contributed by atoms with Crippen LogP contribution < -0.4 is 0 Å². The van der Waals surface area contributed by atoms with Crippen molar-refractivity contribution in [2.75, 3.05) is 46.4 Å². The van der Waals surface area contributed by atoms with E-state index in [9.17, 15) is 14.3 Å². The molecule has 0 bridgehead atoms. The Morgan fingerprint density at radius 1 is 1.30 bits per heavy atom. The van der Waals surface area contributed by atoms with Gasteiger partial charge in [0.15, 0.2) is 0 Å². The second-order valence-electron chi connectivity index (χ2n) is 6.02.